The molecule has 0 fully saturated rings. The number of hydrogen-bond acceptors (Lipinski definition) is 4. The Morgan fingerprint density at radius 2 is 1.39 bits per heavy atom. The van der Waals surface area contributed by atoms with Gasteiger partial charge in [-0.25, -0.2) is 0 Å². The Bertz CT molecular complexity index is 972. The van der Waals surface area contributed by atoms with Crippen LogP contribution in [0.25, 0.3) is 0 Å². The molecule has 1 N–H and O–H groups in total. The summed E-state index contributed by atoms with van der Waals surface area (Å²) in [5.74, 6) is -0.977. The zero-order valence-electron chi connectivity index (χ0n) is 16.8. The topological polar surface area (TPSA) is 58.6 Å². The minimum atomic E-state index is -0.491. The molecule has 3 aromatic carbocycles. The lowest BCUT2D eigenvalue weighted by Gasteiger charge is -2.21. The van der Waals surface area contributed by atoms with Crippen LogP contribution in [0.15, 0.2) is 78.9 Å². The highest BCUT2D eigenvalue weighted by Gasteiger charge is 2.15. The molecule has 5 nitrogen and oxygen atoms in total. The molecular formula is C24H22Cl2N2O3. The van der Waals surface area contributed by atoms with Crippen LogP contribution < -0.4 is 5.32 Å². The average Bonchev–Trinajstić information content (AvgIpc) is 2.77. The fraction of sp³-hybridized carbons (Fsp3) is 0.167. The minimum Gasteiger partial charge on any atom is -0.455 e. The summed E-state index contributed by atoms with van der Waals surface area (Å²) in [6, 6.07) is 24.7. The van der Waals surface area contributed by atoms with Crippen molar-refractivity contribution in [3.8, 4) is 0 Å². The number of rotatable bonds is 9. The first-order chi connectivity index (χ1) is 15.0. The molecule has 0 atom stereocenters. The van der Waals surface area contributed by atoms with Crippen molar-refractivity contribution in [3.05, 3.63) is 100 Å². The minimum absolute atomic E-state index is 0.0506. The van der Waals surface area contributed by atoms with Crippen LogP contribution in [0.3, 0.4) is 0 Å². The van der Waals surface area contributed by atoms with E-state index in [-0.39, 0.29) is 11.6 Å². The molecule has 0 saturated carbocycles. The number of amides is 1. The Morgan fingerprint density at radius 3 is 1.97 bits per heavy atom. The molecule has 3 aromatic rings. The third-order valence-electron chi connectivity index (χ3n) is 4.44. The second-order valence-electron chi connectivity index (χ2n) is 6.93. The van der Waals surface area contributed by atoms with E-state index < -0.39 is 18.5 Å². The number of hydrogen-bond donors (Lipinski definition) is 1. The molecule has 0 bridgehead atoms. The van der Waals surface area contributed by atoms with Gasteiger partial charge in [0.25, 0.3) is 5.91 Å². The van der Waals surface area contributed by atoms with Crippen LogP contribution in [0, 0.1) is 0 Å². The molecular weight excluding hydrogens is 435 g/mol. The van der Waals surface area contributed by atoms with Gasteiger partial charge in [0.05, 0.1) is 22.3 Å². The number of carbonyl (C=O) groups is 2. The zero-order valence-corrected chi connectivity index (χ0v) is 18.3. The molecule has 0 aromatic heterocycles. The van der Waals surface area contributed by atoms with Gasteiger partial charge in [-0.2, -0.15) is 0 Å². The first kappa shape index (κ1) is 22.8. The quantitative estimate of drug-likeness (QED) is 0.450. The summed E-state index contributed by atoms with van der Waals surface area (Å²) in [7, 11) is 0. The van der Waals surface area contributed by atoms with E-state index in [0.29, 0.717) is 23.8 Å². The summed E-state index contributed by atoms with van der Waals surface area (Å²) in [4.78, 5) is 26.5. The molecule has 0 heterocycles. The highest BCUT2D eigenvalue weighted by Crippen LogP contribution is 2.29. The van der Waals surface area contributed by atoms with E-state index in [9.17, 15) is 9.59 Å². The van der Waals surface area contributed by atoms with E-state index in [2.05, 4.69) is 5.32 Å². The Hall–Kier alpha value is -2.86. The third kappa shape index (κ3) is 7.40. The molecule has 3 rings (SSSR count). The fourth-order valence-corrected chi connectivity index (χ4v) is 3.36. The Morgan fingerprint density at radius 1 is 0.806 bits per heavy atom. The summed E-state index contributed by atoms with van der Waals surface area (Å²) in [5.41, 5.74) is 2.53. The van der Waals surface area contributed by atoms with Gasteiger partial charge in [-0.05, 0) is 23.3 Å². The van der Waals surface area contributed by atoms with Gasteiger partial charge in [0.1, 0.15) is 0 Å². The van der Waals surface area contributed by atoms with Gasteiger partial charge in [0, 0.05) is 13.1 Å². The Balaban J connectivity index is 1.56. The first-order valence-electron chi connectivity index (χ1n) is 9.71. The lowest BCUT2D eigenvalue weighted by Crippen LogP contribution is -2.32. The first-order valence-corrected chi connectivity index (χ1v) is 10.5. The number of ether oxygens (including phenoxy) is 1. The molecule has 0 radical (unpaired) electrons. The van der Waals surface area contributed by atoms with Crippen molar-refractivity contribution in [2.75, 3.05) is 18.5 Å². The summed E-state index contributed by atoms with van der Waals surface area (Å²) >= 11 is 12.0. The lowest BCUT2D eigenvalue weighted by molar-refractivity contribution is -0.148. The van der Waals surface area contributed by atoms with Gasteiger partial charge in [-0.15, -0.1) is 0 Å². The molecule has 7 heteroatoms. The Labute approximate surface area is 191 Å². The molecule has 0 saturated heterocycles. The summed E-state index contributed by atoms with van der Waals surface area (Å²) < 4.78 is 5.18. The zero-order chi connectivity index (χ0) is 22.1. The predicted molar refractivity (Wildman–Crippen MR) is 123 cm³/mol. The number of nitrogens with one attached hydrogen (secondary N) is 1. The lowest BCUT2D eigenvalue weighted by atomic mass is 10.1. The largest absolute Gasteiger partial charge is 0.455 e. The predicted octanol–water partition coefficient (Wildman–Crippen LogP) is 5.18. The highest BCUT2D eigenvalue weighted by atomic mass is 35.5. The maximum absolute atomic E-state index is 12.4. The van der Waals surface area contributed by atoms with Gasteiger partial charge in [-0.3, -0.25) is 14.5 Å². The van der Waals surface area contributed by atoms with E-state index in [0.717, 1.165) is 11.1 Å². The number of benzene rings is 3. The molecule has 0 unspecified atom stereocenters. The van der Waals surface area contributed by atoms with Crippen LogP contribution in [0.5, 0.6) is 0 Å². The number of halogens is 2. The third-order valence-corrected chi connectivity index (χ3v) is 5.26. The molecule has 160 valence electrons. The van der Waals surface area contributed by atoms with Crippen LogP contribution in [-0.4, -0.2) is 29.9 Å². The van der Waals surface area contributed by atoms with Crippen molar-refractivity contribution in [1.29, 1.82) is 0 Å². The smallest absolute Gasteiger partial charge is 0.320 e. The SMILES string of the molecule is O=C(COC(=O)CN(Cc1ccccc1)Cc1ccccc1)Nc1cccc(Cl)c1Cl. The molecule has 0 aliphatic rings. The average molecular weight is 457 g/mol. The molecule has 0 spiro atoms. The normalized spacial score (nSPS) is 10.7. The van der Waals surface area contributed by atoms with Crippen molar-refractivity contribution >= 4 is 40.8 Å². The second kappa shape index (κ2) is 11.5. The Kier molecular flexibility index (Phi) is 8.47. The number of nitrogens with zero attached hydrogens (tertiary/aromatic N) is 1. The number of carbonyl (C=O) groups excluding carboxylic acids is 2. The van der Waals surface area contributed by atoms with Gasteiger partial charge in [0.15, 0.2) is 6.61 Å². The van der Waals surface area contributed by atoms with Crippen molar-refractivity contribution in [2.24, 2.45) is 0 Å². The van der Waals surface area contributed by atoms with Crippen LogP contribution in [-0.2, 0) is 27.4 Å². The molecule has 31 heavy (non-hydrogen) atoms. The van der Waals surface area contributed by atoms with E-state index in [1.807, 2.05) is 65.6 Å². The molecule has 0 aliphatic heterocycles. The fourth-order valence-electron chi connectivity index (χ4n) is 3.01. The molecule has 0 aliphatic carbocycles. The highest BCUT2D eigenvalue weighted by molar-refractivity contribution is 6.44. The van der Waals surface area contributed by atoms with Gasteiger partial charge >= 0.3 is 5.97 Å². The number of anilines is 1. The van der Waals surface area contributed by atoms with E-state index in [1.165, 1.54) is 0 Å². The van der Waals surface area contributed by atoms with Crippen molar-refractivity contribution < 1.29 is 14.3 Å². The van der Waals surface area contributed by atoms with Crippen molar-refractivity contribution in [1.82, 2.24) is 4.90 Å². The summed E-state index contributed by atoms with van der Waals surface area (Å²) in [6.07, 6.45) is 0. The van der Waals surface area contributed by atoms with Crippen LogP contribution in [0.1, 0.15) is 11.1 Å². The molecule has 1 amide bonds. The number of esters is 1. The van der Waals surface area contributed by atoms with E-state index in [1.54, 1.807) is 18.2 Å². The summed E-state index contributed by atoms with van der Waals surface area (Å²) in [5, 5.41) is 3.16. The van der Waals surface area contributed by atoms with Crippen LogP contribution in [0.4, 0.5) is 5.69 Å². The van der Waals surface area contributed by atoms with Crippen LogP contribution >= 0.6 is 23.2 Å². The van der Waals surface area contributed by atoms with Crippen molar-refractivity contribution in [3.63, 3.8) is 0 Å². The standard InChI is InChI=1S/C24H22Cl2N2O3/c25-20-12-7-13-21(24(20)26)27-22(29)17-31-23(30)16-28(14-18-8-3-1-4-9-18)15-19-10-5-2-6-11-19/h1-13H,14-17H2,(H,27,29). The maximum atomic E-state index is 12.4. The van der Waals surface area contributed by atoms with Gasteiger partial charge in [-0.1, -0.05) is 89.9 Å². The summed E-state index contributed by atoms with van der Waals surface area (Å²) in [6.45, 7) is 0.797. The van der Waals surface area contributed by atoms with E-state index >= 15 is 0 Å². The van der Waals surface area contributed by atoms with Gasteiger partial charge < -0.3 is 10.1 Å². The van der Waals surface area contributed by atoms with Crippen LogP contribution in [0.2, 0.25) is 10.0 Å². The van der Waals surface area contributed by atoms with Gasteiger partial charge in [0.2, 0.25) is 0 Å². The van der Waals surface area contributed by atoms with Crippen molar-refractivity contribution in [2.45, 2.75) is 13.1 Å². The maximum Gasteiger partial charge on any atom is 0.320 e. The second-order valence-corrected chi connectivity index (χ2v) is 7.71. The monoisotopic (exact) mass is 456 g/mol. The van der Waals surface area contributed by atoms with E-state index in [4.69, 9.17) is 27.9 Å².